The summed E-state index contributed by atoms with van der Waals surface area (Å²) in [6.07, 6.45) is 6.71. The van der Waals surface area contributed by atoms with Gasteiger partial charge in [0, 0.05) is 23.2 Å². The number of carbonyl (C=O) groups excluding carboxylic acids is 1. The van der Waals surface area contributed by atoms with Gasteiger partial charge in [-0.1, -0.05) is 12.1 Å². The Bertz CT molecular complexity index is 1090. The molecule has 3 aliphatic heterocycles. The van der Waals surface area contributed by atoms with E-state index in [0.717, 1.165) is 52.5 Å². The van der Waals surface area contributed by atoms with E-state index in [4.69, 9.17) is 5.73 Å². The number of H-pyrrole nitrogens is 1. The molecule has 2 aromatic rings. The summed E-state index contributed by atoms with van der Waals surface area (Å²) in [6, 6.07) is 10.2. The van der Waals surface area contributed by atoms with Crippen molar-refractivity contribution >= 4 is 29.5 Å². The molecule has 31 heavy (non-hydrogen) atoms. The molecule has 5 rings (SSSR count). The molecule has 0 aliphatic carbocycles. The average molecular weight is 438 g/mol. The van der Waals surface area contributed by atoms with E-state index in [1.54, 1.807) is 11.9 Å². The smallest absolute Gasteiger partial charge is 0.234 e. The number of aromatic amines is 1. The summed E-state index contributed by atoms with van der Waals surface area (Å²) in [5.41, 5.74) is 7.68. The summed E-state index contributed by atoms with van der Waals surface area (Å²) in [5, 5.41) is 13.9. The first-order valence-corrected chi connectivity index (χ1v) is 11.0. The topological polar surface area (TPSA) is 116 Å². The number of nitrogens with zero attached hydrogens (tertiary/aromatic N) is 3. The second kappa shape index (κ2) is 8.22. The Kier molecular flexibility index (Phi) is 5.26. The van der Waals surface area contributed by atoms with Gasteiger partial charge >= 0.3 is 0 Å². The second-order valence-corrected chi connectivity index (χ2v) is 9.07. The SMILES string of the molecule is Cc1cc(NC2=CN(Sc3cccc(C4CNC(C(N)=O)C4)c3)CC3=NC=C[NH+]23)n[nH]1. The molecule has 4 heterocycles. The molecule has 3 atom stereocenters. The third-order valence-corrected chi connectivity index (χ3v) is 6.58. The first kappa shape index (κ1) is 19.9. The van der Waals surface area contributed by atoms with E-state index in [1.165, 1.54) is 5.56 Å². The lowest BCUT2D eigenvalue weighted by molar-refractivity contribution is -0.699. The molecule has 1 aromatic carbocycles. The fourth-order valence-corrected chi connectivity index (χ4v) is 5.03. The summed E-state index contributed by atoms with van der Waals surface area (Å²) >= 11 is 1.67. The predicted molar refractivity (Wildman–Crippen MR) is 120 cm³/mol. The molecule has 0 saturated carbocycles. The molecule has 6 N–H and O–H groups in total. The van der Waals surface area contributed by atoms with Gasteiger partial charge < -0.3 is 11.1 Å². The van der Waals surface area contributed by atoms with Gasteiger partial charge in [0.25, 0.3) is 0 Å². The number of primary amides is 1. The van der Waals surface area contributed by atoms with E-state index in [1.807, 2.05) is 25.4 Å². The first-order valence-electron chi connectivity index (χ1n) is 10.2. The number of aliphatic imine (C=N–C) groups is 1. The van der Waals surface area contributed by atoms with Crippen molar-refractivity contribution in [1.82, 2.24) is 19.8 Å². The largest absolute Gasteiger partial charge is 0.368 e. The van der Waals surface area contributed by atoms with Crippen molar-refractivity contribution in [3.8, 4) is 0 Å². The first-order chi connectivity index (χ1) is 15.0. The number of nitrogens with one attached hydrogen (secondary N) is 4. The molecular formula is C21H25N8OS+. The van der Waals surface area contributed by atoms with Crippen molar-refractivity contribution in [1.29, 1.82) is 0 Å². The number of amidine groups is 1. The lowest BCUT2D eigenvalue weighted by atomic mass is 9.96. The summed E-state index contributed by atoms with van der Waals surface area (Å²) in [4.78, 5) is 18.2. The quantitative estimate of drug-likeness (QED) is 0.424. The molecule has 1 amide bonds. The number of rotatable bonds is 6. The zero-order chi connectivity index (χ0) is 21.4. The number of aryl methyl sites for hydroxylation is 1. The minimum Gasteiger partial charge on any atom is -0.368 e. The van der Waals surface area contributed by atoms with Crippen LogP contribution in [0.1, 0.15) is 23.6 Å². The summed E-state index contributed by atoms with van der Waals surface area (Å²) in [7, 11) is 0. The zero-order valence-corrected chi connectivity index (χ0v) is 17.9. The van der Waals surface area contributed by atoms with Gasteiger partial charge in [-0.3, -0.25) is 19.5 Å². The molecule has 9 nitrogen and oxygen atoms in total. The number of hydrogen-bond donors (Lipinski definition) is 5. The Morgan fingerprint density at radius 3 is 3.06 bits per heavy atom. The second-order valence-electron chi connectivity index (χ2n) is 7.94. The van der Waals surface area contributed by atoms with E-state index in [9.17, 15) is 4.79 Å². The number of aromatic nitrogens is 2. The van der Waals surface area contributed by atoms with E-state index >= 15 is 0 Å². The monoisotopic (exact) mass is 437 g/mol. The van der Waals surface area contributed by atoms with E-state index in [-0.39, 0.29) is 11.9 Å². The van der Waals surface area contributed by atoms with Crippen LogP contribution in [0.25, 0.3) is 0 Å². The number of anilines is 1. The van der Waals surface area contributed by atoms with Gasteiger partial charge in [-0.25, -0.2) is 9.89 Å². The summed E-state index contributed by atoms with van der Waals surface area (Å²) in [6.45, 7) is 3.46. The van der Waals surface area contributed by atoms with Crippen LogP contribution in [0, 0.1) is 6.92 Å². The van der Waals surface area contributed by atoms with E-state index in [0.29, 0.717) is 5.92 Å². The van der Waals surface area contributed by atoms with E-state index in [2.05, 4.69) is 60.6 Å². The Hall–Kier alpha value is -3.08. The van der Waals surface area contributed by atoms with Crippen LogP contribution >= 0.6 is 11.9 Å². The van der Waals surface area contributed by atoms with Crippen molar-refractivity contribution in [2.75, 3.05) is 18.4 Å². The maximum absolute atomic E-state index is 11.5. The number of hydrogen-bond acceptors (Lipinski definition) is 7. The normalized spacial score (nSPS) is 24.7. The predicted octanol–water partition coefficient (Wildman–Crippen LogP) is 0.651. The van der Waals surface area contributed by atoms with E-state index < -0.39 is 0 Å². The van der Waals surface area contributed by atoms with Crippen LogP contribution in [-0.4, -0.2) is 45.4 Å². The maximum Gasteiger partial charge on any atom is 0.234 e. The van der Waals surface area contributed by atoms with Crippen molar-refractivity contribution in [2.45, 2.75) is 30.2 Å². The highest BCUT2D eigenvalue weighted by Crippen LogP contribution is 2.31. The highest BCUT2D eigenvalue weighted by molar-refractivity contribution is 7.97. The molecule has 0 spiro atoms. The lowest BCUT2D eigenvalue weighted by Crippen LogP contribution is -3.10. The van der Waals surface area contributed by atoms with Crippen molar-refractivity contribution in [2.24, 2.45) is 10.7 Å². The van der Waals surface area contributed by atoms with Gasteiger partial charge in [-0.2, -0.15) is 5.10 Å². The van der Waals surface area contributed by atoms with Gasteiger partial charge in [-0.05, 0) is 48.9 Å². The average Bonchev–Trinajstić information content (AvgIpc) is 3.49. The van der Waals surface area contributed by atoms with Gasteiger partial charge in [0.05, 0.1) is 18.4 Å². The molecule has 3 unspecified atom stereocenters. The summed E-state index contributed by atoms with van der Waals surface area (Å²) < 4.78 is 2.18. The van der Waals surface area contributed by atoms with Gasteiger partial charge in [0.2, 0.25) is 17.6 Å². The third-order valence-electron chi connectivity index (χ3n) is 5.65. The Morgan fingerprint density at radius 1 is 1.39 bits per heavy atom. The van der Waals surface area contributed by atoms with Gasteiger partial charge in [-0.15, -0.1) is 0 Å². The number of nitrogens with two attached hydrogens (primary N) is 1. The highest BCUT2D eigenvalue weighted by atomic mass is 32.2. The molecule has 3 aliphatic rings. The molecule has 1 fully saturated rings. The van der Waals surface area contributed by atoms with Crippen molar-refractivity contribution in [3.63, 3.8) is 0 Å². The summed E-state index contributed by atoms with van der Waals surface area (Å²) in [5.74, 6) is 2.79. The molecule has 160 valence electrons. The Labute approximate surface area is 184 Å². The molecule has 0 bridgehead atoms. The van der Waals surface area contributed by atoms with Crippen molar-refractivity contribution < 1.29 is 9.69 Å². The fraction of sp³-hybridized carbons (Fsp3) is 0.286. The van der Waals surface area contributed by atoms with Crippen LogP contribution < -0.4 is 21.3 Å². The Balaban J connectivity index is 1.33. The van der Waals surface area contributed by atoms with Crippen LogP contribution in [0.4, 0.5) is 5.82 Å². The molecule has 0 radical (unpaired) electrons. The maximum atomic E-state index is 11.5. The molecule has 10 heteroatoms. The number of amides is 1. The standard InChI is InChI=1S/C21H24N8OS/c1-13-7-18(27-26-13)25-20-12-28(11-19-23-5-6-29(19)20)31-16-4-2-3-14(8-16)15-9-17(21(22)30)24-10-15/h2-8,12,15,17,24H,9-11H2,1H3,(H2,22,30)(H2,25,26,27)/p+1. The number of carbonyl (C=O) groups is 1. The van der Waals surface area contributed by atoms with Crippen LogP contribution in [0.15, 0.2) is 64.6 Å². The Morgan fingerprint density at radius 2 is 2.29 bits per heavy atom. The van der Waals surface area contributed by atoms with Crippen LogP contribution in [0.5, 0.6) is 0 Å². The fourth-order valence-electron chi connectivity index (χ4n) is 4.09. The van der Waals surface area contributed by atoms with Crippen LogP contribution in [0.3, 0.4) is 0 Å². The number of quaternary nitrogens is 1. The molecule has 1 saturated heterocycles. The number of fused-ring (bicyclic) bond motifs is 1. The van der Waals surface area contributed by atoms with Crippen LogP contribution in [-0.2, 0) is 4.79 Å². The molecule has 1 aromatic heterocycles. The highest BCUT2D eigenvalue weighted by Gasteiger charge is 2.32. The van der Waals surface area contributed by atoms with Gasteiger partial charge in [0.15, 0.2) is 5.82 Å². The number of benzene rings is 1. The van der Waals surface area contributed by atoms with Gasteiger partial charge in [0.1, 0.15) is 12.7 Å². The lowest BCUT2D eigenvalue weighted by Gasteiger charge is -2.27. The minimum atomic E-state index is -0.281. The third kappa shape index (κ3) is 4.22. The van der Waals surface area contributed by atoms with Crippen molar-refractivity contribution in [3.05, 3.63) is 66.0 Å². The van der Waals surface area contributed by atoms with Crippen LogP contribution in [0.2, 0.25) is 0 Å². The molecular weight excluding hydrogens is 412 g/mol. The zero-order valence-electron chi connectivity index (χ0n) is 17.1. The minimum absolute atomic E-state index is 0.243.